The maximum Gasteiger partial charge on any atom is 0.230 e. The van der Waals surface area contributed by atoms with Gasteiger partial charge < -0.3 is 5.32 Å². The first-order valence-electron chi connectivity index (χ1n) is 7.20. The number of carbonyl (C=O) groups is 1. The van der Waals surface area contributed by atoms with Crippen LogP contribution in [0.5, 0.6) is 0 Å². The quantitative estimate of drug-likeness (QED) is 0.848. The standard InChI is InChI=1S/C18H17ClN2OS/c1-13(16-4-2-3-5-17(16)19)21-18(22)12-23-11-15-8-6-14(10-20)7-9-15/h2-9,13H,11-12H2,1H3,(H,21,22). The summed E-state index contributed by atoms with van der Waals surface area (Å²) < 4.78 is 0. The van der Waals surface area contributed by atoms with Crippen LogP contribution in [0.4, 0.5) is 0 Å². The second kappa shape index (κ2) is 8.61. The topological polar surface area (TPSA) is 52.9 Å². The molecule has 1 unspecified atom stereocenters. The monoisotopic (exact) mass is 344 g/mol. The van der Waals surface area contributed by atoms with Gasteiger partial charge in [0.1, 0.15) is 0 Å². The summed E-state index contributed by atoms with van der Waals surface area (Å²) >= 11 is 7.67. The van der Waals surface area contributed by atoms with Gasteiger partial charge in [0.05, 0.1) is 23.4 Å². The molecule has 0 fully saturated rings. The average molecular weight is 345 g/mol. The van der Waals surface area contributed by atoms with Crippen LogP contribution >= 0.6 is 23.4 Å². The molecule has 0 saturated carbocycles. The molecule has 118 valence electrons. The molecule has 0 bridgehead atoms. The number of hydrogen-bond acceptors (Lipinski definition) is 3. The van der Waals surface area contributed by atoms with Crippen LogP contribution in [0, 0.1) is 11.3 Å². The molecule has 0 radical (unpaired) electrons. The number of halogens is 1. The predicted octanol–water partition coefficient (Wildman–Crippen LogP) is 4.32. The first kappa shape index (κ1) is 17.4. The minimum atomic E-state index is -0.119. The number of rotatable bonds is 6. The Morgan fingerprint density at radius 3 is 2.61 bits per heavy atom. The summed E-state index contributed by atoms with van der Waals surface area (Å²) in [7, 11) is 0. The highest BCUT2D eigenvalue weighted by Crippen LogP contribution is 2.22. The Morgan fingerprint density at radius 1 is 1.26 bits per heavy atom. The van der Waals surface area contributed by atoms with Crippen molar-refractivity contribution in [3.05, 3.63) is 70.2 Å². The van der Waals surface area contributed by atoms with E-state index in [4.69, 9.17) is 16.9 Å². The van der Waals surface area contributed by atoms with Gasteiger partial charge in [-0.1, -0.05) is 41.9 Å². The fourth-order valence-corrected chi connectivity index (χ4v) is 3.22. The molecular weight excluding hydrogens is 328 g/mol. The molecule has 0 spiro atoms. The van der Waals surface area contributed by atoms with Crippen molar-refractivity contribution >= 4 is 29.3 Å². The van der Waals surface area contributed by atoms with Gasteiger partial charge in [-0.25, -0.2) is 0 Å². The van der Waals surface area contributed by atoms with Crippen molar-refractivity contribution < 1.29 is 4.79 Å². The second-order valence-electron chi connectivity index (χ2n) is 5.11. The predicted molar refractivity (Wildman–Crippen MR) is 95.3 cm³/mol. The van der Waals surface area contributed by atoms with Gasteiger partial charge in [0.15, 0.2) is 0 Å². The van der Waals surface area contributed by atoms with Gasteiger partial charge in [-0.05, 0) is 36.2 Å². The molecule has 0 saturated heterocycles. The van der Waals surface area contributed by atoms with Crippen LogP contribution < -0.4 is 5.32 Å². The summed E-state index contributed by atoms with van der Waals surface area (Å²) in [6.45, 7) is 1.92. The van der Waals surface area contributed by atoms with Gasteiger partial charge in [-0.3, -0.25) is 4.79 Å². The third-order valence-electron chi connectivity index (χ3n) is 3.33. The van der Waals surface area contributed by atoms with E-state index in [1.165, 1.54) is 0 Å². The Morgan fingerprint density at radius 2 is 1.96 bits per heavy atom. The highest BCUT2D eigenvalue weighted by molar-refractivity contribution is 7.99. The van der Waals surface area contributed by atoms with E-state index in [1.807, 2.05) is 43.3 Å². The van der Waals surface area contributed by atoms with Gasteiger partial charge in [0.25, 0.3) is 0 Å². The van der Waals surface area contributed by atoms with E-state index in [-0.39, 0.29) is 11.9 Å². The van der Waals surface area contributed by atoms with E-state index < -0.39 is 0 Å². The summed E-state index contributed by atoms with van der Waals surface area (Å²) in [6, 6.07) is 16.9. The zero-order chi connectivity index (χ0) is 16.7. The van der Waals surface area contributed by atoms with Crippen molar-refractivity contribution in [2.24, 2.45) is 0 Å². The Labute approximate surface area is 145 Å². The van der Waals surface area contributed by atoms with Crippen molar-refractivity contribution in [1.29, 1.82) is 5.26 Å². The molecule has 0 aromatic heterocycles. The fourth-order valence-electron chi connectivity index (χ4n) is 2.12. The first-order valence-corrected chi connectivity index (χ1v) is 8.74. The smallest absolute Gasteiger partial charge is 0.230 e. The zero-order valence-corrected chi connectivity index (χ0v) is 14.3. The van der Waals surface area contributed by atoms with Crippen molar-refractivity contribution in [2.75, 3.05) is 5.75 Å². The summed E-state index contributed by atoms with van der Waals surface area (Å²) in [5.41, 5.74) is 2.66. The number of nitrogens with zero attached hydrogens (tertiary/aromatic N) is 1. The molecule has 5 heteroatoms. The maximum atomic E-state index is 12.0. The third-order valence-corrected chi connectivity index (χ3v) is 4.68. The molecule has 2 rings (SSSR count). The van der Waals surface area contributed by atoms with Crippen molar-refractivity contribution in [3.63, 3.8) is 0 Å². The number of thioether (sulfide) groups is 1. The van der Waals surface area contributed by atoms with E-state index >= 15 is 0 Å². The number of benzene rings is 2. The number of nitrogens with one attached hydrogen (secondary N) is 1. The minimum absolute atomic E-state index is 0.0175. The van der Waals surface area contributed by atoms with Crippen LogP contribution in [0.2, 0.25) is 5.02 Å². The SMILES string of the molecule is CC(NC(=O)CSCc1ccc(C#N)cc1)c1ccccc1Cl. The summed E-state index contributed by atoms with van der Waals surface area (Å²) in [4.78, 5) is 12.0. The molecule has 0 heterocycles. The molecule has 1 atom stereocenters. The molecule has 1 N–H and O–H groups in total. The van der Waals surface area contributed by atoms with Crippen LogP contribution in [-0.4, -0.2) is 11.7 Å². The zero-order valence-electron chi connectivity index (χ0n) is 12.8. The van der Waals surface area contributed by atoms with E-state index in [2.05, 4.69) is 11.4 Å². The lowest BCUT2D eigenvalue weighted by Gasteiger charge is -2.15. The molecule has 23 heavy (non-hydrogen) atoms. The highest BCUT2D eigenvalue weighted by Gasteiger charge is 2.12. The lowest BCUT2D eigenvalue weighted by atomic mass is 10.1. The average Bonchev–Trinajstić information content (AvgIpc) is 2.55. The maximum absolute atomic E-state index is 12.0. The Bertz CT molecular complexity index is 710. The fraction of sp³-hybridized carbons (Fsp3) is 0.222. The lowest BCUT2D eigenvalue weighted by Crippen LogP contribution is -2.28. The van der Waals surface area contributed by atoms with Crippen molar-refractivity contribution in [3.8, 4) is 6.07 Å². The Kier molecular flexibility index (Phi) is 6.52. The van der Waals surface area contributed by atoms with Gasteiger partial charge in [0.2, 0.25) is 5.91 Å². The minimum Gasteiger partial charge on any atom is -0.349 e. The van der Waals surface area contributed by atoms with Gasteiger partial charge in [-0.15, -0.1) is 11.8 Å². The summed E-state index contributed by atoms with van der Waals surface area (Å²) in [6.07, 6.45) is 0. The van der Waals surface area contributed by atoms with E-state index in [1.54, 1.807) is 23.9 Å². The second-order valence-corrected chi connectivity index (χ2v) is 6.51. The summed E-state index contributed by atoms with van der Waals surface area (Å²) in [5, 5.41) is 12.4. The van der Waals surface area contributed by atoms with E-state index in [9.17, 15) is 4.79 Å². The first-order chi connectivity index (χ1) is 11.1. The van der Waals surface area contributed by atoms with E-state index in [0.29, 0.717) is 16.3 Å². The van der Waals surface area contributed by atoms with Crippen LogP contribution in [0.1, 0.15) is 29.7 Å². The van der Waals surface area contributed by atoms with Crippen molar-refractivity contribution in [2.45, 2.75) is 18.7 Å². The molecule has 0 aliphatic rings. The molecular formula is C18H17ClN2OS. The Balaban J connectivity index is 1.78. The van der Waals surface area contributed by atoms with E-state index in [0.717, 1.165) is 16.9 Å². The Hall–Kier alpha value is -1.96. The molecule has 1 amide bonds. The molecule has 2 aromatic rings. The third kappa shape index (κ3) is 5.31. The number of amides is 1. The van der Waals surface area contributed by atoms with Gasteiger partial charge in [0, 0.05) is 10.8 Å². The van der Waals surface area contributed by atoms with Crippen molar-refractivity contribution in [1.82, 2.24) is 5.32 Å². The molecule has 3 nitrogen and oxygen atoms in total. The van der Waals surface area contributed by atoms with Crippen LogP contribution in [0.25, 0.3) is 0 Å². The van der Waals surface area contributed by atoms with Crippen LogP contribution in [0.3, 0.4) is 0 Å². The van der Waals surface area contributed by atoms with Crippen LogP contribution in [-0.2, 0) is 10.5 Å². The normalized spacial score (nSPS) is 11.5. The highest BCUT2D eigenvalue weighted by atomic mass is 35.5. The largest absolute Gasteiger partial charge is 0.349 e. The summed E-state index contributed by atoms with van der Waals surface area (Å²) in [5.74, 6) is 1.10. The molecule has 2 aromatic carbocycles. The molecule has 0 aliphatic carbocycles. The number of carbonyl (C=O) groups excluding carboxylic acids is 1. The number of hydrogen-bond donors (Lipinski definition) is 1. The lowest BCUT2D eigenvalue weighted by molar-refractivity contribution is -0.119. The van der Waals surface area contributed by atoms with Gasteiger partial charge in [-0.2, -0.15) is 5.26 Å². The number of nitriles is 1. The molecule has 0 aliphatic heterocycles. The van der Waals surface area contributed by atoms with Gasteiger partial charge >= 0.3 is 0 Å². The van der Waals surface area contributed by atoms with Crippen LogP contribution in [0.15, 0.2) is 48.5 Å².